The minimum Gasteiger partial charge on any atom is -0.427 e. The highest BCUT2D eigenvalue weighted by Crippen LogP contribution is 2.20. The maximum absolute atomic E-state index is 10.7. The third kappa shape index (κ3) is 3.22. The zero-order valence-electron chi connectivity index (χ0n) is 8.90. The van der Waals surface area contributed by atoms with Gasteiger partial charge in [0, 0.05) is 14.0 Å². The van der Waals surface area contributed by atoms with E-state index in [-0.39, 0.29) is 12.1 Å². The largest absolute Gasteiger partial charge is 0.427 e. The van der Waals surface area contributed by atoms with E-state index in [1.165, 1.54) is 6.92 Å². The molecule has 1 aromatic rings. The van der Waals surface area contributed by atoms with E-state index in [9.17, 15) is 4.79 Å². The Morgan fingerprint density at radius 1 is 1.40 bits per heavy atom. The molecule has 1 rings (SSSR count). The second-order valence-corrected chi connectivity index (χ2v) is 3.05. The molecule has 3 heteroatoms. The molecule has 0 aliphatic rings. The number of rotatable bonds is 4. The predicted molar refractivity (Wildman–Crippen MR) is 57.7 cm³/mol. The number of esters is 1. The van der Waals surface area contributed by atoms with Crippen LogP contribution in [-0.2, 0) is 9.53 Å². The van der Waals surface area contributed by atoms with Crippen molar-refractivity contribution >= 4 is 5.97 Å². The molecular weight excluding hydrogens is 192 g/mol. The van der Waals surface area contributed by atoms with Crippen LogP contribution in [0.15, 0.2) is 36.9 Å². The number of hydrogen-bond donors (Lipinski definition) is 0. The van der Waals surface area contributed by atoms with Gasteiger partial charge in [-0.05, 0) is 17.7 Å². The number of ether oxygens (including phenoxy) is 2. The van der Waals surface area contributed by atoms with E-state index >= 15 is 0 Å². The lowest BCUT2D eigenvalue weighted by Crippen LogP contribution is -2.02. The van der Waals surface area contributed by atoms with Crippen LogP contribution < -0.4 is 4.74 Å². The first kappa shape index (κ1) is 11.5. The van der Waals surface area contributed by atoms with Crippen molar-refractivity contribution < 1.29 is 14.3 Å². The summed E-state index contributed by atoms with van der Waals surface area (Å²) in [4.78, 5) is 10.7. The van der Waals surface area contributed by atoms with Gasteiger partial charge in [-0.2, -0.15) is 0 Å². The first-order chi connectivity index (χ1) is 7.17. The van der Waals surface area contributed by atoms with Gasteiger partial charge in [0.05, 0.1) is 6.10 Å². The molecule has 1 atom stereocenters. The van der Waals surface area contributed by atoms with Gasteiger partial charge in [-0.3, -0.25) is 4.79 Å². The number of carbonyl (C=O) groups excluding carboxylic acids is 1. The van der Waals surface area contributed by atoms with Crippen LogP contribution >= 0.6 is 0 Å². The first-order valence-corrected chi connectivity index (χ1v) is 4.61. The van der Waals surface area contributed by atoms with E-state index in [2.05, 4.69) is 6.58 Å². The summed E-state index contributed by atoms with van der Waals surface area (Å²) in [6.07, 6.45) is 1.58. The molecule has 0 aromatic heterocycles. The minimum atomic E-state index is -0.324. The molecule has 0 radical (unpaired) electrons. The van der Waals surface area contributed by atoms with Crippen LogP contribution in [0.5, 0.6) is 5.75 Å². The van der Waals surface area contributed by atoms with Gasteiger partial charge in [0.2, 0.25) is 0 Å². The van der Waals surface area contributed by atoms with E-state index in [1.54, 1.807) is 25.3 Å². The van der Waals surface area contributed by atoms with E-state index in [1.807, 2.05) is 12.1 Å². The van der Waals surface area contributed by atoms with Crippen LogP contribution in [0.2, 0.25) is 0 Å². The third-order valence-electron chi connectivity index (χ3n) is 1.94. The third-order valence-corrected chi connectivity index (χ3v) is 1.94. The lowest BCUT2D eigenvalue weighted by molar-refractivity contribution is -0.131. The molecule has 0 saturated heterocycles. The Morgan fingerprint density at radius 2 is 2.00 bits per heavy atom. The summed E-state index contributed by atoms with van der Waals surface area (Å²) in [7, 11) is 1.62. The lowest BCUT2D eigenvalue weighted by Gasteiger charge is -2.11. The summed E-state index contributed by atoms with van der Waals surface area (Å²) >= 11 is 0. The van der Waals surface area contributed by atoms with Crippen molar-refractivity contribution in [1.29, 1.82) is 0 Å². The van der Waals surface area contributed by atoms with E-state index in [0.29, 0.717) is 5.75 Å². The van der Waals surface area contributed by atoms with Crippen molar-refractivity contribution in [3.8, 4) is 5.75 Å². The van der Waals surface area contributed by atoms with Gasteiger partial charge in [0.15, 0.2) is 0 Å². The fraction of sp³-hybridized carbons (Fsp3) is 0.250. The summed E-state index contributed by atoms with van der Waals surface area (Å²) in [5.74, 6) is 0.208. The molecule has 0 fully saturated rings. The van der Waals surface area contributed by atoms with Crippen LogP contribution in [0.25, 0.3) is 0 Å². The average molecular weight is 206 g/mol. The summed E-state index contributed by atoms with van der Waals surface area (Å²) < 4.78 is 10.1. The van der Waals surface area contributed by atoms with Crippen LogP contribution in [0, 0.1) is 0 Å². The zero-order chi connectivity index (χ0) is 11.3. The van der Waals surface area contributed by atoms with Crippen molar-refractivity contribution in [2.45, 2.75) is 13.0 Å². The molecule has 15 heavy (non-hydrogen) atoms. The number of carbonyl (C=O) groups is 1. The molecule has 1 aromatic carbocycles. The van der Waals surface area contributed by atoms with E-state index in [4.69, 9.17) is 9.47 Å². The highest BCUT2D eigenvalue weighted by Gasteiger charge is 2.05. The highest BCUT2D eigenvalue weighted by atomic mass is 16.5. The normalized spacial score (nSPS) is 11.9. The number of benzene rings is 1. The fourth-order valence-corrected chi connectivity index (χ4v) is 1.26. The Labute approximate surface area is 89.3 Å². The molecule has 0 aliphatic carbocycles. The molecule has 0 N–H and O–H groups in total. The first-order valence-electron chi connectivity index (χ1n) is 4.61. The van der Waals surface area contributed by atoms with Crippen molar-refractivity contribution in [3.05, 3.63) is 42.5 Å². The van der Waals surface area contributed by atoms with Gasteiger partial charge in [-0.15, -0.1) is 6.58 Å². The smallest absolute Gasteiger partial charge is 0.308 e. The molecule has 0 heterocycles. The molecule has 0 amide bonds. The molecular formula is C12H14O3. The lowest BCUT2D eigenvalue weighted by atomic mass is 10.1. The van der Waals surface area contributed by atoms with E-state index in [0.717, 1.165) is 5.56 Å². The quantitative estimate of drug-likeness (QED) is 0.431. The topological polar surface area (TPSA) is 35.5 Å². The van der Waals surface area contributed by atoms with Gasteiger partial charge in [-0.25, -0.2) is 0 Å². The summed E-state index contributed by atoms with van der Waals surface area (Å²) in [6.45, 7) is 5.04. The van der Waals surface area contributed by atoms with Crippen molar-refractivity contribution in [2.75, 3.05) is 7.11 Å². The van der Waals surface area contributed by atoms with Crippen LogP contribution in [0.1, 0.15) is 18.6 Å². The Balaban J connectivity index is 2.79. The van der Waals surface area contributed by atoms with Crippen molar-refractivity contribution in [3.63, 3.8) is 0 Å². The second-order valence-electron chi connectivity index (χ2n) is 3.05. The Hall–Kier alpha value is -1.61. The molecule has 0 spiro atoms. The van der Waals surface area contributed by atoms with Crippen LogP contribution in [0.4, 0.5) is 0 Å². The molecule has 0 aliphatic heterocycles. The average Bonchev–Trinajstić information content (AvgIpc) is 2.21. The second kappa shape index (κ2) is 5.32. The highest BCUT2D eigenvalue weighted by molar-refractivity contribution is 5.69. The Morgan fingerprint density at radius 3 is 2.40 bits per heavy atom. The summed E-state index contributed by atoms with van der Waals surface area (Å²) in [5.41, 5.74) is 0.975. The molecule has 0 saturated carbocycles. The van der Waals surface area contributed by atoms with Gasteiger partial charge in [0.25, 0.3) is 0 Å². The van der Waals surface area contributed by atoms with Gasteiger partial charge in [0.1, 0.15) is 5.75 Å². The SMILES string of the molecule is C=C[C@@H](OC)c1ccc(OC(C)=O)cc1. The monoisotopic (exact) mass is 206 g/mol. The standard InChI is InChI=1S/C12H14O3/c1-4-12(14-3)10-5-7-11(8-6-10)15-9(2)13/h4-8,12H,1H2,2-3H3/t12-/m1/s1. The van der Waals surface area contributed by atoms with E-state index < -0.39 is 0 Å². The molecule has 3 nitrogen and oxygen atoms in total. The van der Waals surface area contributed by atoms with Gasteiger partial charge in [-0.1, -0.05) is 18.2 Å². The molecule has 0 unspecified atom stereocenters. The number of methoxy groups -OCH3 is 1. The maximum atomic E-state index is 10.7. The minimum absolute atomic E-state index is 0.128. The maximum Gasteiger partial charge on any atom is 0.308 e. The van der Waals surface area contributed by atoms with Crippen LogP contribution in [0.3, 0.4) is 0 Å². The van der Waals surface area contributed by atoms with Crippen LogP contribution in [-0.4, -0.2) is 13.1 Å². The predicted octanol–water partition coefficient (Wildman–Crippen LogP) is 2.49. The summed E-state index contributed by atoms with van der Waals surface area (Å²) in [5, 5.41) is 0. The van der Waals surface area contributed by atoms with Gasteiger partial charge >= 0.3 is 5.97 Å². The molecule has 80 valence electrons. The van der Waals surface area contributed by atoms with Crippen molar-refractivity contribution in [1.82, 2.24) is 0 Å². The Kier molecular flexibility index (Phi) is 4.06. The Bertz CT molecular complexity index is 340. The van der Waals surface area contributed by atoms with Gasteiger partial charge < -0.3 is 9.47 Å². The summed E-state index contributed by atoms with van der Waals surface area (Å²) in [6, 6.07) is 7.14. The van der Waals surface area contributed by atoms with Crippen molar-refractivity contribution in [2.24, 2.45) is 0 Å². The number of hydrogen-bond acceptors (Lipinski definition) is 3. The fourth-order valence-electron chi connectivity index (χ4n) is 1.26. The molecule has 0 bridgehead atoms. The zero-order valence-corrected chi connectivity index (χ0v) is 8.90.